The first-order chi connectivity index (χ1) is 24.6. The van der Waals surface area contributed by atoms with Crippen LogP contribution in [0.4, 0.5) is 10.1 Å². The van der Waals surface area contributed by atoms with E-state index in [1.54, 1.807) is 36.4 Å². The summed E-state index contributed by atoms with van der Waals surface area (Å²) >= 11 is 9.93. The number of aromatic hydroxyl groups is 1. The molecule has 2 aliphatic heterocycles. The Labute approximate surface area is 307 Å². The number of allylic oxidation sites excluding steroid dienone is 2. The van der Waals surface area contributed by atoms with Gasteiger partial charge in [-0.15, -0.1) is 0 Å². The molecule has 0 spiro atoms. The number of carbonyl (C=O) groups is 4. The number of imide groups is 2. The Hall–Kier alpha value is -4.22. The Balaban J connectivity index is 1.34. The molecule has 6 unspecified atom stereocenters. The molecule has 4 fully saturated rings. The monoisotopic (exact) mass is 775 g/mol. The van der Waals surface area contributed by atoms with Crippen LogP contribution in [-0.2, 0) is 24.6 Å². The summed E-state index contributed by atoms with van der Waals surface area (Å²) in [4.78, 5) is 60.1. The molecule has 2 saturated carbocycles. The minimum Gasteiger partial charge on any atom is -0.504 e. The highest BCUT2D eigenvalue weighted by molar-refractivity contribution is 9.10. The standard InChI is InChI=1S/C39H36BrClFN3O6/c1-51-31-18-21(40)17-29(34(31)46)33-26-15-16-27-32(37(49)44(35(27)47)25-5-3-2-4-6-25)28(26)19-30-36(48)45(43-24-13-11-23(42)12-14-24)38(50)39(30,33)20-7-9-22(41)10-8-20/h7-15,17-18,25,27-28,30,32-33,43,46H,2-6,16,19H2,1H3. The van der Waals surface area contributed by atoms with Gasteiger partial charge in [0.25, 0.3) is 11.8 Å². The van der Waals surface area contributed by atoms with E-state index in [1.165, 1.54) is 36.3 Å². The highest BCUT2D eigenvalue weighted by Gasteiger charge is 2.71. The number of rotatable bonds is 6. The van der Waals surface area contributed by atoms with E-state index in [9.17, 15) is 23.9 Å². The second kappa shape index (κ2) is 12.8. The van der Waals surface area contributed by atoms with Gasteiger partial charge in [0.05, 0.1) is 36.0 Å². The zero-order valence-corrected chi connectivity index (χ0v) is 30.1. The summed E-state index contributed by atoms with van der Waals surface area (Å²) in [5, 5.41) is 13.3. The topological polar surface area (TPSA) is 116 Å². The van der Waals surface area contributed by atoms with Gasteiger partial charge in [0.15, 0.2) is 11.5 Å². The lowest BCUT2D eigenvalue weighted by molar-refractivity contribution is -0.144. The molecule has 0 bridgehead atoms. The molecule has 6 atom stereocenters. The number of hydrazine groups is 1. The number of phenols is 1. The minimum atomic E-state index is -1.62. The van der Waals surface area contributed by atoms with Gasteiger partial charge in [-0.2, -0.15) is 5.01 Å². The number of amides is 4. The average Bonchev–Trinajstić information content (AvgIpc) is 3.51. The molecule has 3 aromatic rings. The second-order valence-corrected chi connectivity index (χ2v) is 15.6. The van der Waals surface area contributed by atoms with Crippen molar-refractivity contribution in [3.05, 3.63) is 98.8 Å². The number of likely N-dealkylation sites (tertiary alicyclic amines) is 1. The fraction of sp³-hybridized carbons (Fsp3) is 0.385. The van der Waals surface area contributed by atoms with Crippen molar-refractivity contribution in [2.24, 2.45) is 23.7 Å². The smallest absolute Gasteiger partial charge is 0.260 e. The predicted octanol–water partition coefficient (Wildman–Crippen LogP) is 7.27. The summed E-state index contributed by atoms with van der Waals surface area (Å²) in [6.45, 7) is 0. The summed E-state index contributed by atoms with van der Waals surface area (Å²) in [5.74, 6) is -5.88. The van der Waals surface area contributed by atoms with E-state index in [0.717, 1.165) is 37.1 Å². The first kappa shape index (κ1) is 33.9. The van der Waals surface area contributed by atoms with Gasteiger partial charge in [0, 0.05) is 27.0 Å². The lowest BCUT2D eigenvalue weighted by Crippen LogP contribution is -2.53. The molecule has 0 radical (unpaired) electrons. The van der Waals surface area contributed by atoms with Gasteiger partial charge in [0.2, 0.25) is 11.8 Å². The predicted molar refractivity (Wildman–Crippen MR) is 190 cm³/mol. The quantitative estimate of drug-likeness (QED) is 0.200. The Bertz CT molecular complexity index is 1980. The summed E-state index contributed by atoms with van der Waals surface area (Å²) in [5.41, 5.74) is 3.19. The Morgan fingerprint density at radius 3 is 2.33 bits per heavy atom. The van der Waals surface area contributed by atoms with Crippen LogP contribution in [0.2, 0.25) is 5.02 Å². The molecular weight excluding hydrogens is 741 g/mol. The van der Waals surface area contributed by atoms with Crippen LogP contribution >= 0.6 is 27.5 Å². The zero-order chi connectivity index (χ0) is 35.8. The van der Waals surface area contributed by atoms with Gasteiger partial charge >= 0.3 is 0 Å². The van der Waals surface area contributed by atoms with Gasteiger partial charge in [-0.05, 0) is 85.7 Å². The largest absolute Gasteiger partial charge is 0.504 e. The highest BCUT2D eigenvalue weighted by Crippen LogP contribution is 2.65. The number of halogens is 3. The maximum Gasteiger partial charge on any atom is 0.260 e. The van der Waals surface area contributed by atoms with E-state index in [2.05, 4.69) is 21.4 Å². The van der Waals surface area contributed by atoms with E-state index >= 15 is 4.79 Å². The van der Waals surface area contributed by atoms with E-state index < -0.39 is 52.6 Å². The van der Waals surface area contributed by atoms with Gasteiger partial charge in [-0.3, -0.25) is 29.5 Å². The van der Waals surface area contributed by atoms with Crippen molar-refractivity contribution in [3.63, 3.8) is 0 Å². The molecule has 4 amide bonds. The minimum absolute atomic E-state index is 0.113. The Morgan fingerprint density at radius 2 is 1.65 bits per heavy atom. The SMILES string of the molecule is COc1cc(Br)cc(C2C3=CCC4C(=O)N(C5CCCCC5)C(=O)C4C3CC3C(=O)N(Nc4ccc(F)cc4)C(=O)C32c2ccc(Cl)cc2)c1O. The molecular formula is C39H36BrClFN3O6. The van der Waals surface area contributed by atoms with E-state index in [-0.39, 0.29) is 42.2 Å². The fourth-order valence-electron chi connectivity index (χ4n) is 9.69. The molecule has 3 aromatic carbocycles. The second-order valence-electron chi connectivity index (χ2n) is 14.3. The molecule has 8 rings (SSSR count). The number of nitrogens with zero attached hydrogens (tertiary/aromatic N) is 2. The normalized spacial score (nSPS) is 29.1. The zero-order valence-electron chi connectivity index (χ0n) is 27.8. The molecule has 2 heterocycles. The van der Waals surface area contributed by atoms with Crippen molar-refractivity contribution in [2.75, 3.05) is 12.5 Å². The maximum absolute atomic E-state index is 15.3. The number of nitrogens with one attached hydrogen (secondary N) is 1. The number of methoxy groups -OCH3 is 1. The van der Waals surface area contributed by atoms with Gasteiger partial charge in [0.1, 0.15) is 5.82 Å². The summed E-state index contributed by atoms with van der Waals surface area (Å²) in [6.07, 6.45) is 6.88. The third-order valence-corrected chi connectivity index (χ3v) is 12.5. The van der Waals surface area contributed by atoms with E-state index in [0.29, 0.717) is 31.9 Å². The number of hydrogen-bond donors (Lipinski definition) is 2. The first-order valence-corrected chi connectivity index (χ1v) is 18.5. The third kappa shape index (κ3) is 5.13. The highest BCUT2D eigenvalue weighted by atomic mass is 79.9. The van der Waals surface area contributed by atoms with Crippen molar-refractivity contribution in [3.8, 4) is 11.5 Å². The van der Waals surface area contributed by atoms with Crippen molar-refractivity contribution >= 4 is 56.8 Å². The van der Waals surface area contributed by atoms with Crippen LogP contribution in [0.25, 0.3) is 0 Å². The number of benzene rings is 3. The molecule has 2 saturated heterocycles. The number of hydrogen-bond acceptors (Lipinski definition) is 7. The molecule has 51 heavy (non-hydrogen) atoms. The Morgan fingerprint density at radius 1 is 0.941 bits per heavy atom. The lowest BCUT2D eigenvalue weighted by Gasteiger charge is -2.50. The molecule has 2 N–H and O–H groups in total. The molecule has 264 valence electrons. The average molecular weight is 777 g/mol. The molecule has 12 heteroatoms. The number of carbonyl (C=O) groups excluding carboxylic acids is 4. The molecule has 9 nitrogen and oxygen atoms in total. The van der Waals surface area contributed by atoms with Crippen molar-refractivity contribution in [2.45, 2.75) is 62.3 Å². The molecule has 3 aliphatic carbocycles. The van der Waals surface area contributed by atoms with Crippen LogP contribution in [0.5, 0.6) is 11.5 Å². The van der Waals surface area contributed by atoms with Crippen molar-refractivity contribution in [1.29, 1.82) is 0 Å². The van der Waals surface area contributed by atoms with Gasteiger partial charge in [-0.25, -0.2) is 4.39 Å². The number of ether oxygens (including phenoxy) is 1. The lowest BCUT2D eigenvalue weighted by atomic mass is 9.49. The van der Waals surface area contributed by atoms with Crippen LogP contribution in [0, 0.1) is 29.5 Å². The van der Waals surface area contributed by atoms with Crippen LogP contribution in [-0.4, -0.2) is 51.8 Å². The maximum atomic E-state index is 15.3. The molecule has 5 aliphatic rings. The van der Waals surface area contributed by atoms with Gasteiger partial charge in [-0.1, -0.05) is 70.6 Å². The first-order valence-electron chi connectivity index (χ1n) is 17.4. The van der Waals surface area contributed by atoms with Crippen LogP contribution in [0.3, 0.4) is 0 Å². The van der Waals surface area contributed by atoms with Crippen LogP contribution in [0.15, 0.2) is 76.8 Å². The van der Waals surface area contributed by atoms with E-state index in [4.69, 9.17) is 16.3 Å². The molecule has 0 aromatic heterocycles. The summed E-state index contributed by atoms with van der Waals surface area (Å²) in [6, 6.07) is 15.3. The summed E-state index contributed by atoms with van der Waals surface area (Å²) < 4.78 is 20.0. The number of anilines is 1. The number of fused-ring (bicyclic) bond motifs is 4. The fourth-order valence-corrected chi connectivity index (χ4v) is 10.3. The summed E-state index contributed by atoms with van der Waals surface area (Å²) in [7, 11) is 1.43. The third-order valence-electron chi connectivity index (χ3n) is 11.8. The van der Waals surface area contributed by atoms with Gasteiger partial charge < -0.3 is 9.84 Å². The van der Waals surface area contributed by atoms with Crippen molar-refractivity contribution < 1.29 is 33.4 Å². The van der Waals surface area contributed by atoms with Crippen LogP contribution < -0.4 is 10.2 Å². The Kier molecular flexibility index (Phi) is 8.49. The van der Waals surface area contributed by atoms with E-state index in [1.807, 2.05) is 6.08 Å². The van der Waals surface area contributed by atoms with Crippen LogP contribution in [0.1, 0.15) is 62.0 Å². The number of phenolic OH excluding ortho intramolecular Hbond substituents is 1. The van der Waals surface area contributed by atoms with Crippen molar-refractivity contribution in [1.82, 2.24) is 9.91 Å².